The zero-order valence-corrected chi connectivity index (χ0v) is 17.4. The molecule has 0 radical (unpaired) electrons. The topological polar surface area (TPSA) is 67.7 Å². The van der Waals surface area contributed by atoms with Crippen molar-refractivity contribution in [3.8, 4) is 11.1 Å². The van der Waals surface area contributed by atoms with Gasteiger partial charge in [0.25, 0.3) is 5.88 Å². The molecular formula is C24H27FN4O. The average Bonchev–Trinajstić information content (AvgIpc) is 3.24. The van der Waals surface area contributed by atoms with Gasteiger partial charge < -0.3 is 15.2 Å². The van der Waals surface area contributed by atoms with Crippen LogP contribution in [-0.4, -0.2) is 29.1 Å². The molecule has 4 rings (SSSR count). The predicted octanol–water partition coefficient (Wildman–Crippen LogP) is 5.24. The van der Waals surface area contributed by atoms with E-state index in [4.69, 9.17) is 10.3 Å². The monoisotopic (exact) mass is 406 g/mol. The summed E-state index contributed by atoms with van der Waals surface area (Å²) in [5, 5.41) is 4.24. The molecule has 30 heavy (non-hydrogen) atoms. The number of halogens is 1. The number of benzene rings is 2. The van der Waals surface area contributed by atoms with Gasteiger partial charge in [-0.15, -0.1) is 0 Å². The number of nitrogens with two attached hydrogens (primary N) is 1. The van der Waals surface area contributed by atoms with E-state index < -0.39 is 5.41 Å². The maximum atomic E-state index is 14.1. The van der Waals surface area contributed by atoms with Crippen LogP contribution in [0.2, 0.25) is 0 Å². The van der Waals surface area contributed by atoms with E-state index in [1.807, 2.05) is 36.4 Å². The summed E-state index contributed by atoms with van der Waals surface area (Å²) in [5.41, 5.74) is 9.01. The minimum atomic E-state index is -0.398. The van der Waals surface area contributed by atoms with Crippen LogP contribution in [0.1, 0.15) is 44.4 Å². The number of aliphatic imine (C=N–C) groups is 1. The molecule has 6 heteroatoms. The Kier molecular flexibility index (Phi) is 5.57. The van der Waals surface area contributed by atoms with Gasteiger partial charge in [0.05, 0.1) is 5.69 Å². The van der Waals surface area contributed by atoms with Gasteiger partial charge in [-0.25, -0.2) is 4.39 Å². The highest BCUT2D eigenvalue weighted by Crippen LogP contribution is 2.34. The van der Waals surface area contributed by atoms with Crippen molar-refractivity contribution in [3.05, 3.63) is 71.7 Å². The minimum absolute atomic E-state index is 0.227. The second-order valence-corrected chi connectivity index (χ2v) is 8.25. The average molecular weight is 407 g/mol. The summed E-state index contributed by atoms with van der Waals surface area (Å²) in [6.45, 7) is 6.00. The lowest BCUT2D eigenvalue weighted by molar-refractivity contribution is 0.337. The molecule has 0 unspecified atom stereocenters. The molecule has 5 nitrogen and oxygen atoms in total. The van der Waals surface area contributed by atoms with Crippen LogP contribution in [0.4, 0.5) is 10.3 Å². The lowest BCUT2D eigenvalue weighted by Crippen LogP contribution is -2.40. The number of rotatable bonds is 4. The summed E-state index contributed by atoms with van der Waals surface area (Å²) in [4.78, 5) is 6.51. The van der Waals surface area contributed by atoms with Gasteiger partial charge in [0.15, 0.2) is 5.96 Å². The Hall–Kier alpha value is -3.15. The van der Waals surface area contributed by atoms with Crippen LogP contribution < -0.4 is 5.73 Å². The van der Waals surface area contributed by atoms with Crippen molar-refractivity contribution in [1.29, 1.82) is 0 Å². The molecule has 1 fully saturated rings. The van der Waals surface area contributed by atoms with Gasteiger partial charge in [0.2, 0.25) is 0 Å². The second-order valence-electron chi connectivity index (χ2n) is 8.25. The van der Waals surface area contributed by atoms with Crippen LogP contribution in [0, 0.1) is 5.82 Å². The molecule has 2 N–H and O–H groups in total. The van der Waals surface area contributed by atoms with Gasteiger partial charge >= 0.3 is 0 Å². The van der Waals surface area contributed by atoms with E-state index in [2.05, 4.69) is 28.9 Å². The SMILES string of the molecule is CC(C)(c1ccc(-c2ccccc2F)cc1)c1cc(/N=C(/N)N2CCCCC2)on1. The lowest BCUT2D eigenvalue weighted by atomic mass is 9.81. The minimum Gasteiger partial charge on any atom is -0.369 e. The highest BCUT2D eigenvalue weighted by atomic mass is 19.1. The quantitative estimate of drug-likeness (QED) is 0.475. The normalized spacial score (nSPS) is 15.4. The molecule has 0 saturated carbocycles. The third-order valence-corrected chi connectivity index (χ3v) is 5.83. The summed E-state index contributed by atoms with van der Waals surface area (Å²) in [6, 6.07) is 16.5. The van der Waals surface area contributed by atoms with E-state index in [0.29, 0.717) is 17.4 Å². The second kappa shape index (κ2) is 8.30. The smallest absolute Gasteiger partial charge is 0.253 e. The van der Waals surface area contributed by atoms with Gasteiger partial charge in [0.1, 0.15) is 5.82 Å². The predicted molar refractivity (Wildman–Crippen MR) is 117 cm³/mol. The number of likely N-dealkylation sites (tertiary alicyclic amines) is 1. The first-order valence-electron chi connectivity index (χ1n) is 10.4. The van der Waals surface area contributed by atoms with E-state index in [9.17, 15) is 4.39 Å². The summed E-state index contributed by atoms with van der Waals surface area (Å²) in [5.74, 6) is 0.656. The summed E-state index contributed by atoms with van der Waals surface area (Å²) >= 11 is 0. The fourth-order valence-corrected chi connectivity index (χ4v) is 3.83. The van der Waals surface area contributed by atoms with Gasteiger partial charge in [0, 0.05) is 30.1 Å². The highest BCUT2D eigenvalue weighted by molar-refractivity contribution is 5.80. The maximum Gasteiger partial charge on any atom is 0.253 e. The molecule has 0 atom stereocenters. The number of nitrogens with zero attached hydrogens (tertiary/aromatic N) is 3. The Balaban J connectivity index is 1.54. The molecular weight excluding hydrogens is 379 g/mol. The van der Waals surface area contributed by atoms with E-state index in [1.54, 1.807) is 12.1 Å². The van der Waals surface area contributed by atoms with Crippen LogP contribution >= 0.6 is 0 Å². The van der Waals surface area contributed by atoms with E-state index in [0.717, 1.165) is 42.8 Å². The van der Waals surface area contributed by atoms with Crippen LogP contribution in [0.5, 0.6) is 0 Å². The molecule has 2 aromatic carbocycles. The van der Waals surface area contributed by atoms with Gasteiger partial charge in [-0.2, -0.15) is 4.99 Å². The highest BCUT2D eigenvalue weighted by Gasteiger charge is 2.27. The number of hydrogen-bond donors (Lipinski definition) is 1. The fourth-order valence-electron chi connectivity index (χ4n) is 3.83. The Morgan fingerprint density at radius 3 is 2.47 bits per heavy atom. The van der Waals surface area contributed by atoms with Gasteiger partial charge in [-0.3, -0.25) is 0 Å². The van der Waals surface area contributed by atoms with Crippen molar-refractivity contribution < 1.29 is 8.91 Å². The molecule has 1 aromatic heterocycles. The van der Waals surface area contributed by atoms with Crippen molar-refractivity contribution in [1.82, 2.24) is 10.1 Å². The molecule has 0 amide bonds. The van der Waals surface area contributed by atoms with Gasteiger partial charge in [-0.05, 0) is 36.5 Å². The van der Waals surface area contributed by atoms with Crippen LogP contribution in [0.25, 0.3) is 11.1 Å². The Bertz CT molecular complexity index is 1030. The Labute approximate surface area is 176 Å². The van der Waals surface area contributed by atoms with Gasteiger partial charge in [-0.1, -0.05) is 61.5 Å². The van der Waals surface area contributed by atoms with Crippen molar-refractivity contribution in [2.24, 2.45) is 10.7 Å². The number of piperidine rings is 1. The van der Waals surface area contributed by atoms with Crippen molar-refractivity contribution >= 4 is 11.8 Å². The largest absolute Gasteiger partial charge is 0.369 e. The number of hydrogen-bond acceptors (Lipinski definition) is 3. The molecule has 0 spiro atoms. The first kappa shape index (κ1) is 20.1. The lowest BCUT2D eigenvalue weighted by Gasteiger charge is -2.27. The van der Waals surface area contributed by atoms with E-state index in [1.165, 1.54) is 12.5 Å². The Morgan fingerprint density at radius 2 is 1.77 bits per heavy atom. The molecule has 3 aromatic rings. The molecule has 1 aliphatic rings. The summed E-state index contributed by atoms with van der Waals surface area (Å²) < 4.78 is 19.5. The zero-order chi connectivity index (χ0) is 21.1. The maximum absolute atomic E-state index is 14.1. The Morgan fingerprint density at radius 1 is 1.07 bits per heavy atom. The standard InChI is InChI=1S/C24H27FN4O/c1-24(2,18-12-10-17(11-13-18)19-8-4-5-9-20(19)25)21-16-22(30-28-21)27-23(26)29-14-6-3-7-15-29/h4-5,8-13,16H,3,6-7,14-15H2,1-2H3,(H2,26,27). The number of guanidine groups is 1. The number of aromatic nitrogens is 1. The van der Waals surface area contributed by atoms with Crippen LogP contribution in [0.15, 0.2) is 64.1 Å². The molecule has 1 aliphatic heterocycles. The van der Waals surface area contributed by atoms with Crippen LogP contribution in [0.3, 0.4) is 0 Å². The zero-order valence-electron chi connectivity index (χ0n) is 17.4. The van der Waals surface area contributed by atoms with Crippen molar-refractivity contribution in [3.63, 3.8) is 0 Å². The third-order valence-electron chi connectivity index (χ3n) is 5.83. The molecule has 1 saturated heterocycles. The van der Waals surface area contributed by atoms with E-state index in [-0.39, 0.29) is 5.82 Å². The third kappa shape index (κ3) is 4.08. The summed E-state index contributed by atoms with van der Waals surface area (Å²) in [7, 11) is 0. The van der Waals surface area contributed by atoms with E-state index >= 15 is 0 Å². The molecule has 0 bridgehead atoms. The molecule has 2 heterocycles. The fraction of sp³-hybridized carbons (Fsp3) is 0.333. The van der Waals surface area contributed by atoms with Crippen molar-refractivity contribution in [2.75, 3.05) is 13.1 Å². The molecule has 156 valence electrons. The van der Waals surface area contributed by atoms with Crippen molar-refractivity contribution in [2.45, 2.75) is 38.5 Å². The molecule has 0 aliphatic carbocycles. The summed E-state index contributed by atoms with van der Waals surface area (Å²) in [6.07, 6.45) is 3.50. The van der Waals surface area contributed by atoms with Crippen LogP contribution in [-0.2, 0) is 5.41 Å². The first-order chi connectivity index (χ1) is 14.4. The first-order valence-corrected chi connectivity index (χ1v) is 10.4.